The van der Waals surface area contributed by atoms with Crippen molar-refractivity contribution < 1.29 is 14.6 Å². The molecule has 3 rings (SSSR count). The number of carbonyl (C=O) groups excluding carboxylic acids is 1. The molecular weight excluding hydrogens is 354 g/mol. The number of carbonyl (C=O) groups is 1. The quantitative estimate of drug-likeness (QED) is 0.484. The summed E-state index contributed by atoms with van der Waals surface area (Å²) in [6.07, 6.45) is -0.216. The van der Waals surface area contributed by atoms with Crippen molar-refractivity contribution in [2.45, 2.75) is 31.7 Å². The summed E-state index contributed by atoms with van der Waals surface area (Å²) in [5.41, 5.74) is 7.44. The Morgan fingerprint density at radius 3 is 2.70 bits per heavy atom. The van der Waals surface area contributed by atoms with Gasteiger partial charge in [-0.25, -0.2) is 4.79 Å². The molecule has 0 amide bonds. The minimum atomic E-state index is -0.876. The molecule has 2 aromatic rings. The highest BCUT2D eigenvalue weighted by atomic mass is 16.5. The minimum absolute atomic E-state index is 0.131. The molecule has 1 N–H and O–H groups in total. The van der Waals surface area contributed by atoms with Gasteiger partial charge in [0.1, 0.15) is 6.23 Å². The van der Waals surface area contributed by atoms with Crippen LogP contribution in [0, 0.1) is 6.92 Å². The van der Waals surface area contributed by atoms with E-state index in [1.165, 1.54) is 25.3 Å². The van der Waals surface area contributed by atoms with Crippen molar-refractivity contribution >= 4 is 5.91 Å². The molecule has 10 heteroatoms. The number of azide groups is 1. The van der Waals surface area contributed by atoms with Crippen LogP contribution in [-0.4, -0.2) is 38.9 Å². The molecule has 0 spiro atoms. The molecule has 0 unspecified atom stereocenters. The highest BCUT2D eigenvalue weighted by molar-refractivity contribution is 5.95. The van der Waals surface area contributed by atoms with Gasteiger partial charge in [-0.1, -0.05) is 23.3 Å². The van der Waals surface area contributed by atoms with Gasteiger partial charge in [0.05, 0.1) is 18.8 Å². The molecule has 140 valence electrons. The Kier molecular flexibility index (Phi) is 5.22. The fourth-order valence-electron chi connectivity index (χ4n) is 3.03. The summed E-state index contributed by atoms with van der Waals surface area (Å²) in [7, 11) is 0. The van der Waals surface area contributed by atoms with E-state index in [9.17, 15) is 19.5 Å². The van der Waals surface area contributed by atoms with E-state index >= 15 is 0 Å². The fourth-order valence-corrected chi connectivity index (χ4v) is 3.03. The van der Waals surface area contributed by atoms with Crippen molar-refractivity contribution in [1.29, 1.82) is 0 Å². The molecule has 1 aromatic heterocycles. The number of aliphatic hydroxyl groups is 1. The number of hydrogen-bond donors (Lipinski definition) is 1. The van der Waals surface area contributed by atoms with E-state index < -0.39 is 42.1 Å². The summed E-state index contributed by atoms with van der Waals surface area (Å²) in [4.78, 5) is 40.7. The van der Waals surface area contributed by atoms with Crippen molar-refractivity contribution in [3.05, 3.63) is 78.9 Å². The Labute approximate surface area is 152 Å². The number of aliphatic hydroxyl groups excluding tert-OH is 1. The molecule has 1 fully saturated rings. The van der Waals surface area contributed by atoms with E-state index in [2.05, 4.69) is 10.0 Å². The van der Waals surface area contributed by atoms with Gasteiger partial charge in [0.25, 0.3) is 11.5 Å². The molecular formula is C17H17N5O5. The number of benzene rings is 1. The second-order valence-corrected chi connectivity index (χ2v) is 6.13. The maximum absolute atomic E-state index is 12.9. The topological polar surface area (TPSA) is 139 Å². The van der Waals surface area contributed by atoms with Gasteiger partial charge >= 0.3 is 5.69 Å². The van der Waals surface area contributed by atoms with Gasteiger partial charge in [0.2, 0.25) is 0 Å². The molecule has 10 nitrogen and oxygen atoms in total. The van der Waals surface area contributed by atoms with Crippen LogP contribution in [0.25, 0.3) is 10.4 Å². The molecule has 2 heterocycles. The molecule has 3 atom stereocenters. The highest BCUT2D eigenvalue weighted by Crippen LogP contribution is 2.29. The number of ether oxygens (including phenoxy) is 1. The number of nitrogens with zero attached hydrogens (tertiary/aromatic N) is 5. The van der Waals surface area contributed by atoms with Crippen LogP contribution in [0.2, 0.25) is 0 Å². The Morgan fingerprint density at radius 2 is 2.07 bits per heavy atom. The van der Waals surface area contributed by atoms with Crippen LogP contribution >= 0.6 is 0 Å². The first kappa shape index (κ1) is 18.6. The lowest BCUT2D eigenvalue weighted by Gasteiger charge is -2.17. The van der Waals surface area contributed by atoms with E-state index in [0.29, 0.717) is 4.57 Å². The van der Waals surface area contributed by atoms with E-state index in [4.69, 9.17) is 10.3 Å². The van der Waals surface area contributed by atoms with Crippen molar-refractivity contribution in [1.82, 2.24) is 9.13 Å². The van der Waals surface area contributed by atoms with Crippen molar-refractivity contribution in [2.75, 3.05) is 6.61 Å². The molecule has 1 aromatic carbocycles. The Hall–Kier alpha value is -3.20. The van der Waals surface area contributed by atoms with Crippen LogP contribution in [0.1, 0.15) is 28.6 Å². The molecule has 1 aliphatic heterocycles. The zero-order chi connectivity index (χ0) is 19.6. The average Bonchev–Trinajstić information content (AvgIpc) is 3.08. The van der Waals surface area contributed by atoms with Gasteiger partial charge in [0.15, 0.2) is 0 Å². The van der Waals surface area contributed by atoms with Crippen LogP contribution in [0.15, 0.2) is 51.2 Å². The summed E-state index contributed by atoms with van der Waals surface area (Å²) in [6.45, 7) is 1.09. The standard InChI is InChI=1S/C17H17N5O5/c1-10-8-21(14-7-12(19-20-18)13(9-23)27-14)17(26)22(15(10)24)16(25)11-5-3-2-4-6-11/h2-6,8,12-14,23H,7,9H2,1H3/t12-,13+,14+/m0/s1. The number of aryl methyl sites for hydroxylation is 1. The van der Waals surface area contributed by atoms with Crippen LogP contribution in [0.5, 0.6) is 0 Å². The number of rotatable bonds is 4. The summed E-state index contributed by atoms with van der Waals surface area (Å²) in [5.74, 6) is -0.744. The highest BCUT2D eigenvalue weighted by Gasteiger charge is 2.36. The SMILES string of the molecule is Cc1cn([C@H]2C[C@H](N=[N+]=[N-])[C@@H](CO)O2)c(=O)n(C(=O)c2ccccc2)c1=O. The van der Waals surface area contributed by atoms with Crippen molar-refractivity contribution in [2.24, 2.45) is 5.11 Å². The third kappa shape index (κ3) is 3.41. The van der Waals surface area contributed by atoms with Crippen LogP contribution in [0.4, 0.5) is 0 Å². The number of aromatic nitrogens is 2. The second kappa shape index (κ2) is 7.58. The lowest BCUT2D eigenvalue weighted by atomic mass is 10.1. The maximum Gasteiger partial charge on any atom is 0.340 e. The molecule has 27 heavy (non-hydrogen) atoms. The van der Waals surface area contributed by atoms with E-state index in [1.54, 1.807) is 18.2 Å². The monoisotopic (exact) mass is 371 g/mol. The van der Waals surface area contributed by atoms with Crippen LogP contribution in [0.3, 0.4) is 0 Å². The zero-order valence-corrected chi connectivity index (χ0v) is 14.4. The van der Waals surface area contributed by atoms with Gasteiger partial charge < -0.3 is 9.84 Å². The summed E-state index contributed by atoms with van der Waals surface area (Å²) < 4.78 is 7.28. The molecule has 1 saturated heterocycles. The smallest absolute Gasteiger partial charge is 0.340 e. The van der Waals surface area contributed by atoms with Crippen LogP contribution in [-0.2, 0) is 4.74 Å². The average molecular weight is 371 g/mol. The zero-order valence-electron chi connectivity index (χ0n) is 14.4. The normalized spacial score (nSPS) is 21.6. The Bertz CT molecular complexity index is 1020. The lowest BCUT2D eigenvalue weighted by Crippen LogP contribution is -2.45. The van der Waals surface area contributed by atoms with Crippen LogP contribution < -0.4 is 11.2 Å². The predicted octanol–water partition coefficient (Wildman–Crippen LogP) is 0.966. The van der Waals surface area contributed by atoms with E-state index in [1.807, 2.05) is 0 Å². The lowest BCUT2D eigenvalue weighted by molar-refractivity contribution is -0.0275. The van der Waals surface area contributed by atoms with Gasteiger partial charge in [-0.05, 0) is 24.6 Å². The molecule has 0 aliphatic carbocycles. The number of hydrogen-bond acceptors (Lipinski definition) is 6. The predicted molar refractivity (Wildman–Crippen MR) is 94.4 cm³/mol. The molecule has 0 bridgehead atoms. The Morgan fingerprint density at radius 1 is 1.37 bits per heavy atom. The third-order valence-electron chi connectivity index (χ3n) is 4.40. The Balaban J connectivity index is 2.08. The first-order valence-electron chi connectivity index (χ1n) is 8.23. The third-order valence-corrected chi connectivity index (χ3v) is 4.40. The van der Waals surface area contributed by atoms with E-state index in [-0.39, 0.29) is 17.5 Å². The largest absolute Gasteiger partial charge is 0.394 e. The second-order valence-electron chi connectivity index (χ2n) is 6.13. The first-order valence-corrected chi connectivity index (χ1v) is 8.23. The van der Waals surface area contributed by atoms with Gasteiger partial charge in [-0.3, -0.25) is 14.2 Å². The first-order chi connectivity index (χ1) is 13.0. The fraction of sp³-hybridized carbons (Fsp3) is 0.353. The molecule has 1 aliphatic rings. The summed E-state index contributed by atoms with van der Waals surface area (Å²) in [5, 5.41) is 13.0. The summed E-state index contributed by atoms with van der Waals surface area (Å²) >= 11 is 0. The van der Waals surface area contributed by atoms with Gasteiger partial charge in [-0.2, -0.15) is 4.57 Å². The van der Waals surface area contributed by atoms with Gasteiger partial charge in [0, 0.05) is 28.7 Å². The van der Waals surface area contributed by atoms with E-state index in [0.717, 1.165) is 4.57 Å². The van der Waals surface area contributed by atoms with Crippen molar-refractivity contribution in [3.8, 4) is 0 Å². The maximum atomic E-state index is 12.9. The minimum Gasteiger partial charge on any atom is -0.394 e. The van der Waals surface area contributed by atoms with Crippen molar-refractivity contribution in [3.63, 3.8) is 0 Å². The molecule has 0 radical (unpaired) electrons. The molecule has 0 saturated carbocycles. The van der Waals surface area contributed by atoms with Gasteiger partial charge in [-0.15, -0.1) is 0 Å². The summed E-state index contributed by atoms with van der Waals surface area (Å²) in [6, 6.07) is 7.32.